The first kappa shape index (κ1) is 11.9. The molecule has 0 radical (unpaired) electrons. The lowest BCUT2D eigenvalue weighted by atomic mass is 10.1. The van der Waals surface area contributed by atoms with E-state index in [2.05, 4.69) is 27.8 Å². The van der Waals surface area contributed by atoms with E-state index in [1.54, 1.807) is 11.8 Å². The molecule has 19 heavy (non-hydrogen) atoms. The highest BCUT2D eigenvalue weighted by atomic mass is 32.2. The number of amides is 1. The summed E-state index contributed by atoms with van der Waals surface area (Å²) in [4.78, 5) is 17.1. The fourth-order valence-corrected chi connectivity index (χ4v) is 4.55. The van der Waals surface area contributed by atoms with Gasteiger partial charge in [0.2, 0.25) is 0 Å². The monoisotopic (exact) mass is 277 g/mol. The Hall–Kier alpha value is -0.940. The highest BCUT2D eigenvalue weighted by Gasteiger charge is 2.36. The van der Waals surface area contributed by atoms with Gasteiger partial charge in [0, 0.05) is 31.6 Å². The van der Waals surface area contributed by atoms with Crippen LogP contribution in [0.15, 0.2) is 23.3 Å². The fraction of sp³-hybridized carbons (Fsp3) is 0.643. The first-order valence-electron chi connectivity index (χ1n) is 7.15. The number of carbonyl (C=O) groups is 1. The Morgan fingerprint density at radius 3 is 3.21 bits per heavy atom. The Morgan fingerprint density at radius 1 is 1.37 bits per heavy atom. The molecule has 0 aromatic heterocycles. The standard InChI is InChI=1S/C14H19N3OS/c18-14(12-8-10-3-7-19-13(10)15-12)17-6-5-16-4-1-2-11(16)9-17/h3,7-8,10-11,13,15H,1-2,4-6,9H2. The summed E-state index contributed by atoms with van der Waals surface area (Å²) in [7, 11) is 0. The third kappa shape index (κ3) is 1.99. The summed E-state index contributed by atoms with van der Waals surface area (Å²) in [5, 5.41) is 5.84. The molecule has 2 saturated heterocycles. The van der Waals surface area contributed by atoms with Crippen molar-refractivity contribution in [3.63, 3.8) is 0 Å². The molecule has 4 rings (SSSR count). The van der Waals surface area contributed by atoms with Crippen LogP contribution in [0.3, 0.4) is 0 Å². The molecule has 0 aliphatic carbocycles. The number of hydrogen-bond donors (Lipinski definition) is 1. The van der Waals surface area contributed by atoms with E-state index >= 15 is 0 Å². The summed E-state index contributed by atoms with van der Waals surface area (Å²) in [5.74, 6) is 0.603. The zero-order chi connectivity index (χ0) is 12.8. The zero-order valence-corrected chi connectivity index (χ0v) is 11.7. The number of thioether (sulfide) groups is 1. The van der Waals surface area contributed by atoms with Gasteiger partial charge in [-0.25, -0.2) is 0 Å². The first-order valence-corrected chi connectivity index (χ1v) is 8.09. The molecule has 0 bridgehead atoms. The van der Waals surface area contributed by atoms with E-state index < -0.39 is 0 Å². The van der Waals surface area contributed by atoms with Crippen LogP contribution in [-0.4, -0.2) is 53.3 Å². The van der Waals surface area contributed by atoms with Crippen molar-refractivity contribution in [3.8, 4) is 0 Å². The number of nitrogens with zero attached hydrogens (tertiary/aromatic N) is 2. The smallest absolute Gasteiger partial charge is 0.269 e. The van der Waals surface area contributed by atoms with Crippen LogP contribution in [0.5, 0.6) is 0 Å². The highest BCUT2D eigenvalue weighted by Crippen LogP contribution is 2.34. The minimum atomic E-state index is 0.204. The molecule has 1 N–H and O–H groups in total. The number of hydrogen-bond acceptors (Lipinski definition) is 4. The number of nitrogens with one attached hydrogen (secondary N) is 1. The minimum Gasteiger partial charge on any atom is -0.368 e. The predicted octanol–water partition coefficient (Wildman–Crippen LogP) is 0.983. The molecule has 4 heterocycles. The van der Waals surface area contributed by atoms with Gasteiger partial charge in [-0.1, -0.05) is 6.08 Å². The van der Waals surface area contributed by atoms with E-state index in [1.165, 1.54) is 19.4 Å². The molecule has 4 aliphatic rings. The summed E-state index contributed by atoms with van der Waals surface area (Å²) in [6.45, 7) is 4.06. The molecule has 4 nitrogen and oxygen atoms in total. The van der Waals surface area contributed by atoms with Gasteiger partial charge in [-0.15, -0.1) is 11.8 Å². The minimum absolute atomic E-state index is 0.204. The molecule has 1 amide bonds. The summed E-state index contributed by atoms with van der Waals surface area (Å²) in [6.07, 6.45) is 6.82. The molecule has 0 saturated carbocycles. The lowest BCUT2D eigenvalue weighted by Crippen LogP contribution is -2.53. The second-order valence-corrected chi connectivity index (χ2v) is 6.82. The van der Waals surface area contributed by atoms with Gasteiger partial charge >= 0.3 is 0 Å². The van der Waals surface area contributed by atoms with Gasteiger partial charge < -0.3 is 10.2 Å². The molecule has 3 atom stereocenters. The zero-order valence-electron chi connectivity index (χ0n) is 10.9. The topological polar surface area (TPSA) is 35.6 Å². The van der Waals surface area contributed by atoms with Gasteiger partial charge in [-0.05, 0) is 30.9 Å². The normalized spacial score (nSPS) is 36.9. The van der Waals surface area contributed by atoms with Gasteiger partial charge in [-0.2, -0.15) is 0 Å². The lowest BCUT2D eigenvalue weighted by molar-refractivity contribution is -0.130. The molecular weight excluding hydrogens is 258 g/mol. The van der Waals surface area contributed by atoms with Crippen molar-refractivity contribution in [2.75, 3.05) is 26.2 Å². The lowest BCUT2D eigenvalue weighted by Gasteiger charge is -2.37. The second kappa shape index (κ2) is 4.56. The predicted molar refractivity (Wildman–Crippen MR) is 76.4 cm³/mol. The maximum absolute atomic E-state index is 12.6. The molecule has 0 spiro atoms. The van der Waals surface area contributed by atoms with Crippen molar-refractivity contribution in [1.29, 1.82) is 0 Å². The van der Waals surface area contributed by atoms with Crippen LogP contribution >= 0.6 is 11.8 Å². The third-order valence-corrected chi connectivity index (χ3v) is 5.68. The average molecular weight is 277 g/mol. The number of carbonyl (C=O) groups excluding carboxylic acids is 1. The van der Waals surface area contributed by atoms with Crippen molar-refractivity contribution >= 4 is 17.7 Å². The third-order valence-electron chi connectivity index (χ3n) is 4.64. The molecule has 0 aromatic rings. The summed E-state index contributed by atoms with van der Waals surface area (Å²) in [5.41, 5.74) is 0.818. The van der Waals surface area contributed by atoms with E-state index in [4.69, 9.17) is 0 Å². The Labute approximate surface area is 117 Å². The van der Waals surface area contributed by atoms with Crippen molar-refractivity contribution < 1.29 is 4.79 Å². The van der Waals surface area contributed by atoms with Crippen molar-refractivity contribution in [3.05, 3.63) is 23.3 Å². The molecule has 102 valence electrons. The molecule has 3 unspecified atom stereocenters. The van der Waals surface area contributed by atoms with Crippen molar-refractivity contribution in [1.82, 2.24) is 15.1 Å². The Kier molecular flexibility index (Phi) is 2.84. The van der Waals surface area contributed by atoms with Crippen molar-refractivity contribution in [2.24, 2.45) is 5.92 Å². The van der Waals surface area contributed by atoms with Crippen LogP contribution in [0.1, 0.15) is 12.8 Å². The summed E-state index contributed by atoms with van der Waals surface area (Å²) < 4.78 is 0. The quantitative estimate of drug-likeness (QED) is 0.775. The summed E-state index contributed by atoms with van der Waals surface area (Å²) in [6, 6.07) is 0.605. The van der Waals surface area contributed by atoms with Gasteiger partial charge in [0.05, 0.1) is 11.1 Å². The van der Waals surface area contributed by atoms with Crippen LogP contribution in [0, 0.1) is 5.92 Å². The SMILES string of the molecule is O=C(C1=CC2C=CSC2N1)N1CCN2CCCC2C1. The molecule has 2 fully saturated rings. The van der Waals surface area contributed by atoms with E-state index in [9.17, 15) is 4.79 Å². The maximum atomic E-state index is 12.6. The van der Waals surface area contributed by atoms with E-state index in [0.29, 0.717) is 17.3 Å². The second-order valence-electron chi connectivity index (χ2n) is 5.77. The van der Waals surface area contributed by atoms with Crippen LogP contribution in [0.25, 0.3) is 0 Å². The molecule has 0 aromatic carbocycles. The fourth-order valence-electron chi connectivity index (χ4n) is 3.56. The van der Waals surface area contributed by atoms with Crippen LogP contribution < -0.4 is 5.32 Å². The van der Waals surface area contributed by atoms with E-state index in [1.807, 2.05) is 4.90 Å². The van der Waals surface area contributed by atoms with Gasteiger partial charge in [0.25, 0.3) is 5.91 Å². The number of piperazine rings is 1. The van der Waals surface area contributed by atoms with Crippen LogP contribution in [-0.2, 0) is 4.79 Å². The molecule has 5 heteroatoms. The number of rotatable bonds is 1. The largest absolute Gasteiger partial charge is 0.368 e. The van der Waals surface area contributed by atoms with Crippen molar-refractivity contribution in [2.45, 2.75) is 24.3 Å². The first-order chi connectivity index (χ1) is 9.31. The molecule has 4 aliphatic heterocycles. The van der Waals surface area contributed by atoms with Gasteiger partial charge in [0.1, 0.15) is 0 Å². The van der Waals surface area contributed by atoms with E-state index in [0.717, 1.165) is 25.3 Å². The molecular formula is C14H19N3OS. The van der Waals surface area contributed by atoms with E-state index in [-0.39, 0.29) is 5.91 Å². The Bertz CT molecular complexity index is 462. The maximum Gasteiger partial charge on any atom is 0.269 e. The Morgan fingerprint density at radius 2 is 2.32 bits per heavy atom. The average Bonchev–Trinajstić information content (AvgIpc) is 3.11. The summed E-state index contributed by atoms with van der Waals surface area (Å²) >= 11 is 1.77. The van der Waals surface area contributed by atoms with Crippen LogP contribution in [0.2, 0.25) is 0 Å². The van der Waals surface area contributed by atoms with Gasteiger partial charge in [0.15, 0.2) is 0 Å². The van der Waals surface area contributed by atoms with Gasteiger partial charge in [-0.3, -0.25) is 9.69 Å². The Balaban J connectivity index is 1.45. The number of fused-ring (bicyclic) bond motifs is 2. The highest BCUT2D eigenvalue weighted by molar-refractivity contribution is 8.03. The van der Waals surface area contributed by atoms with Crippen LogP contribution in [0.4, 0.5) is 0 Å².